The Morgan fingerprint density at radius 3 is 2.40 bits per heavy atom. The van der Waals surface area contributed by atoms with Crippen LogP contribution in [0.3, 0.4) is 0 Å². The number of fused-ring (bicyclic) bond motifs is 1. The summed E-state index contributed by atoms with van der Waals surface area (Å²) in [5.41, 5.74) is 2.28. The summed E-state index contributed by atoms with van der Waals surface area (Å²) in [6.07, 6.45) is 1.84. The first-order valence-electron chi connectivity index (χ1n) is 6.69. The zero-order chi connectivity index (χ0) is 13.8. The van der Waals surface area contributed by atoms with Crippen LogP contribution in [-0.2, 0) is 6.61 Å². The zero-order valence-corrected chi connectivity index (χ0v) is 11.3. The molecule has 0 unspecified atom stereocenters. The number of benzene rings is 3. The van der Waals surface area contributed by atoms with Crippen LogP contribution in [0.15, 0.2) is 73.3 Å². The van der Waals surface area contributed by atoms with Crippen molar-refractivity contribution in [2.45, 2.75) is 6.61 Å². The predicted octanol–water partition coefficient (Wildman–Crippen LogP) is 5.06. The second kappa shape index (κ2) is 5.62. The Morgan fingerprint density at radius 2 is 1.60 bits per heavy atom. The molecule has 1 heteroatoms. The molecule has 0 saturated carbocycles. The zero-order valence-electron chi connectivity index (χ0n) is 11.3. The van der Waals surface area contributed by atoms with E-state index in [1.807, 2.05) is 30.3 Å². The van der Waals surface area contributed by atoms with E-state index in [2.05, 4.69) is 49.0 Å². The molecule has 0 amide bonds. The van der Waals surface area contributed by atoms with E-state index in [4.69, 9.17) is 4.74 Å². The smallest absolute Gasteiger partial charge is 0.127 e. The molecule has 0 radical (unpaired) electrons. The van der Waals surface area contributed by atoms with Gasteiger partial charge in [-0.05, 0) is 22.6 Å². The van der Waals surface area contributed by atoms with Crippen molar-refractivity contribution < 1.29 is 4.74 Å². The molecular formula is C19H16O. The van der Waals surface area contributed by atoms with E-state index < -0.39 is 0 Å². The number of hydrogen-bond acceptors (Lipinski definition) is 1. The van der Waals surface area contributed by atoms with Crippen molar-refractivity contribution in [3.8, 4) is 5.75 Å². The van der Waals surface area contributed by atoms with Gasteiger partial charge in [0, 0.05) is 5.39 Å². The molecule has 1 nitrogen and oxygen atoms in total. The second-order valence-corrected chi connectivity index (χ2v) is 4.71. The molecule has 3 rings (SSSR count). The lowest BCUT2D eigenvalue weighted by molar-refractivity contribution is 0.310. The predicted molar refractivity (Wildman–Crippen MR) is 84.8 cm³/mol. The molecule has 0 bridgehead atoms. The van der Waals surface area contributed by atoms with Crippen molar-refractivity contribution in [3.63, 3.8) is 0 Å². The molecule has 0 saturated heterocycles. The van der Waals surface area contributed by atoms with Crippen LogP contribution in [0.25, 0.3) is 16.8 Å². The van der Waals surface area contributed by atoms with Gasteiger partial charge in [0.15, 0.2) is 0 Å². The Bertz CT molecular complexity index is 721. The fraction of sp³-hybridized carbons (Fsp3) is 0.0526. The quantitative estimate of drug-likeness (QED) is 0.637. The second-order valence-electron chi connectivity index (χ2n) is 4.71. The molecule has 0 N–H and O–H groups in total. The molecule has 98 valence electrons. The van der Waals surface area contributed by atoms with Gasteiger partial charge in [0.05, 0.1) is 0 Å². The van der Waals surface area contributed by atoms with E-state index in [1.54, 1.807) is 0 Å². The van der Waals surface area contributed by atoms with Crippen molar-refractivity contribution in [1.82, 2.24) is 0 Å². The summed E-state index contributed by atoms with van der Waals surface area (Å²) in [5.74, 6) is 0.927. The first kappa shape index (κ1) is 12.5. The standard InChI is InChI=1S/C19H16O/c1-2-15-10-12-16(13-11-15)14-20-19-9-5-7-17-6-3-4-8-18(17)19/h2-13H,1,14H2. The van der Waals surface area contributed by atoms with Gasteiger partial charge in [-0.25, -0.2) is 0 Å². The van der Waals surface area contributed by atoms with Crippen molar-refractivity contribution >= 4 is 16.8 Å². The van der Waals surface area contributed by atoms with E-state index in [0.29, 0.717) is 6.61 Å². The van der Waals surface area contributed by atoms with Crippen molar-refractivity contribution in [2.24, 2.45) is 0 Å². The lowest BCUT2D eigenvalue weighted by Gasteiger charge is -2.09. The lowest BCUT2D eigenvalue weighted by atomic mass is 10.1. The molecule has 0 aromatic heterocycles. The minimum Gasteiger partial charge on any atom is -0.488 e. The van der Waals surface area contributed by atoms with E-state index >= 15 is 0 Å². The summed E-state index contributed by atoms with van der Waals surface area (Å²) in [5, 5.41) is 2.35. The molecule has 0 fully saturated rings. The van der Waals surface area contributed by atoms with Crippen LogP contribution in [0, 0.1) is 0 Å². The van der Waals surface area contributed by atoms with Crippen LogP contribution in [0.5, 0.6) is 5.75 Å². The van der Waals surface area contributed by atoms with Gasteiger partial charge < -0.3 is 4.74 Å². The molecule has 0 heterocycles. The average molecular weight is 260 g/mol. The van der Waals surface area contributed by atoms with Crippen LogP contribution in [0.4, 0.5) is 0 Å². The molecule has 0 aliphatic rings. The molecule has 0 atom stereocenters. The first-order chi connectivity index (χ1) is 9.86. The minimum atomic E-state index is 0.575. The third-order valence-corrected chi connectivity index (χ3v) is 3.36. The van der Waals surface area contributed by atoms with Crippen LogP contribution < -0.4 is 4.74 Å². The van der Waals surface area contributed by atoms with Crippen molar-refractivity contribution in [1.29, 1.82) is 0 Å². The third kappa shape index (κ3) is 2.57. The Morgan fingerprint density at radius 1 is 0.850 bits per heavy atom. The largest absolute Gasteiger partial charge is 0.488 e. The number of hydrogen-bond donors (Lipinski definition) is 0. The highest BCUT2D eigenvalue weighted by Crippen LogP contribution is 2.25. The lowest BCUT2D eigenvalue weighted by Crippen LogP contribution is -1.95. The molecular weight excluding hydrogens is 244 g/mol. The summed E-state index contributed by atoms with van der Waals surface area (Å²) < 4.78 is 5.95. The van der Waals surface area contributed by atoms with Gasteiger partial charge in [-0.2, -0.15) is 0 Å². The Hall–Kier alpha value is -2.54. The van der Waals surface area contributed by atoms with Gasteiger partial charge in [-0.1, -0.05) is 73.3 Å². The van der Waals surface area contributed by atoms with Crippen LogP contribution in [-0.4, -0.2) is 0 Å². The number of ether oxygens (including phenoxy) is 1. The summed E-state index contributed by atoms with van der Waals surface area (Å²) in [6, 6.07) is 22.6. The molecule has 0 aliphatic heterocycles. The molecule has 3 aromatic rings. The monoisotopic (exact) mass is 260 g/mol. The number of rotatable bonds is 4. The van der Waals surface area contributed by atoms with Gasteiger partial charge in [0.2, 0.25) is 0 Å². The van der Waals surface area contributed by atoms with E-state index in [-0.39, 0.29) is 0 Å². The van der Waals surface area contributed by atoms with Crippen molar-refractivity contribution in [3.05, 3.63) is 84.4 Å². The first-order valence-corrected chi connectivity index (χ1v) is 6.69. The molecule has 20 heavy (non-hydrogen) atoms. The average Bonchev–Trinajstić information content (AvgIpc) is 2.53. The van der Waals surface area contributed by atoms with Gasteiger partial charge in [0.1, 0.15) is 12.4 Å². The minimum absolute atomic E-state index is 0.575. The highest BCUT2D eigenvalue weighted by Gasteiger charge is 2.01. The topological polar surface area (TPSA) is 9.23 Å². The Balaban J connectivity index is 1.81. The molecule has 0 aliphatic carbocycles. The molecule has 3 aromatic carbocycles. The van der Waals surface area contributed by atoms with E-state index in [9.17, 15) is 0 Å². The van der Waals surface area contributed by atoms with E-state index in [0.717, 1.165) is 22.3 Å². The van der Waals surface area contributed by atoms with Crippen molar-refractivity contribution in [2.75, 3.05) is 0 Å². The van der Waals surface area contributed by atoms with Gasteiger partial charge in [-0.15, -0.1) is 0 Å². The van der Waals surface area contributed by atoms with Gasteiger partial charge in [-0.3, -0.25) is 0 Å². The summed E-state index contributed by atoms with van der Waals surface area (Å²) >= 11 is 0. The SMILES string of the molecule is C=Cc1ccc(COc2cccc3ccccc23)cc1. The van der Waals surface area contributed by atoms with E-state index in [1.165, 1.54) is 5.39 Å². The maximum Gasteiger partial charge on any atom is 0.127 e. The van der Waals surface area contributed by atoms with Crippen LogP contribution in [0.2, 0.25) is 0 Å². The summed E-state index contributed by atoms with van der Waals surface area (Å²) in [6.45, 7) is 4.33. The van der Waals surface area contributed by atoms with Gasteiger partial charge in [0.25, 0.3) is 0 Å². The summed E-state index contributed by atoms with van der Waals surface area (Å²) in [7, 11) is 0. The Labute approximate surface area is 119 Å². The van der Waals surface area contributed by atoms with Crippen LogP contribution in [0.1, 0.15) is 11.1 Å². The fourth-order valence-electron chi connectivity index (χ4n) is 2.23. The highest BCUT2D eigenvalue weighted by atomic mass is 16.5. The van der Waals surface area contributed by atoms with Gasteiger partial charge >= 0.3 is 0 Å². The van der Waals surface area contributed by atoms with Crippen LogP contribution >= 0.6 is 0 Å². The maximum absolute atomic E-state index is 5.95. The Kier molecular flexibility index (Phi) is 3.51. The summed E-state index contributed by atoms with van der Waals surface area (Å²) in [4.78, 5) is 0. The molecule has 0 spiro atoms. The third-order valence-electron chi connectivity index (χ3n) is 3.36. The maximum atomic E-state index is 5.95. The highest BCUT2D eigenvalue weighted by molar-refractivity contribution is 5.88. The normalized spacial score (nSPS) is 10.4. The fourth-order valence-corrected chi connectivity index (χ4v) is 2.23.